The number of aromatic nitrogens is 2. The highest BCUT2D eigenvalue weighted by Crippen LogP contribution is 2.29. The standard InChI is InChI=1S/C10H15F3N4O/c1-3-17(4-5-18)8-6-7(14-2)15-9(16-8)10(11,12)13/h6,18H,3-5H2,1-2H3,(H,14,15,16). The predicted octanol–water partition coefficient (Wildman–Crippen LogP) is 1.36. The molecule has 0 aliphatic rings. The largest absolute Gasteiger partial charge is 0.451 e. The molecule has 1 aromatic heterocycles. The van der Waals surface area contributed by atoms with Crippen molar-refractivity contribution in [3.8, 4) is 0 Å². The lowest BCUT2D eigenvalue weighted by Gasteiger charge is -2.22. The zero-order valence-corrected chi connectivity index (χ0v) is 10.1. The normalized spacial score (nSPS) is 11.4. The number of nitrogens with one attached hydrogen (secondary N) is 1. The third-order valence-corrected chi connectivity index (χ3v) is 2.30. The Balaban J connectivity index is 3.18. The Morgan fingerprint density at radius 2 is 2.06 bits per heavy atom. The molecule has 0 aliphatic carbocycles. The van der Waals surface area contributed by atoms with Crippen LogP contribution in [0.4, 0.5) is 24.8 Å². The lowest BCUT2D eigenvalue weighted by Crippen LogP contribution is -2.28. The van der Waals surface area contributed by atoms with Crippen LogP contribution in [0.1, 0.15) is 12.7 Å². The molecule has 0 unspecified atom stereocenters. The molecule has 1 heterocycles. The van der Waals surface area contributed by atoms with E-state index in [0.717, 1.165) is 0 Å². The van der Waals surface area contributed by atoms with Crippen molar-refractivity contribution < 1.29 is 18.3 Å². The number of hydrogen-bond acceptors (Lipinski definition) is 5. The smallest absolute Gasteiger partial charge is 0.395 e. The summed E-state index contributed by atoms with van der Waals surface area (Å²) in [4.78, 5) is 8.38. The van der Waals surface area contributed by atoms with Gasteiger partial charge < -0.3 is 15.3 Å². The van der Waals surface area contributed by atoms with Crippen LogP contribution in [0, 0.1) is 0 Å². The SMILES string of the molecule is CCN(CCO)c1cc(NC)nc(C(F)(F)F)n1. The van der Waals surface area contributed by atoms with Gasteiger partial charge >= 0.3 is 6.18 Å². The molecule has 8 heteroatoms. The molecule has 0 bridgehead atoms. The Morgan fingerprint density at radius 3 is 2.50 bits per heavy atom. The Hall–Kier alpha value is -1.57. The van der Waals surface area contributed by atoms with Crippen molar-refractivity contribution in [3.05, 3.63) is 11.9 Å². The number of alkyl halides is 3. The monoisotopic (exact) mass is 264 g/mol. The van der Waals surface area contributed by atoms with Crippen molar-refractivity contribution in [2.24, 2.45) is 0 Å². The highest BCUT2D eigenvalue weighted by Gasteiger charge is 2.35. The molecule has 1 rings (SSSR count). The van der Waals surface area contributed by atoms with Crippen molar-refractivity contribution in [2.45, 2.75) is 13.1 Å². The fraction of sp³-hybridized carbons (Fsp3) is 0.600. The second-order valence-corrected chi connectivity index (χ2v) is 3.49. The van der Waals surface area contributed by atoms with Crippen LogP contribution in [0.5, 0.6) is 0 Å². The minimum absolute atomic E-state index is 0.0868. The molecule has 1 aromatic rings. The highest BCUT2D eigenvalue weighted by molar-refractivity contribution is 5.49. The number of nitrogens with zero attached hydrogens (tertiary/aromatic N) is 3. The summed E-state index contributed by atoms with van der Waals surface area (Å²) in [6.07, 6.45) is -4.60. The summed E-state index contributed by atoms with van der Waals surface area (Å²) < 4.78 is 37.9. The van der Waals surface area contributed by atoms with Crippen molar-refractivity contribution in [3.63, 3.8) is 0 Å². The van der Waals surface area contributed by atoms with Crippen molar-refractivity contribution in [2.75, 3.05) is 37.0 Å². The summed E-state index contributed by atoms with van der Waals surface area (Å²) in [5.74, 6) is -0.970. The van der Waals surface area contributed by atoms with Crippen LogP contribution >= 0.6 is 0 Å². The van der Waals surface area contributed by atoms with E-state index < -0.39 is 12.0 Å². The second kappa shape index (κ2) is 5.85. The van der Waals surface area contributed by atoms with Gasteiger partial charge in [0.05, 0.1) is 6.61 Å². The van der Waals surface area contributed by atoms with E-state index in [1.54, 1.807) is 6.92 Å². The summed E-state index contributed by atoms with van der Waals surface area (Å²) >= 11 is 0. The molecule has 5 nitrogen and oxygen atoms in total. The van der Waals surface area contributed by atoms with E-state index in [1.807, 2.05) is 0 Å². The van der Waals surface area contributed by atoms with E-state index in [1.165, 1.54) is 18.0 Å². The predicted molar refractivity (Wildman–Crippen MR) is 61.6 cm³/mol. The first-order valence-electron chi connectivity index (χ1n) is 5.42. The molecule has 0 saturated carbocycles. The Kier molecular flexibility index (Phi) is 4.71. The van der Waals surface area contributed by atoms with Crippen LogP contribution in [0.2, 0.25) is 0 Å². The highest BCUT2D eigenvalue weighted by atomic mass is 19.4. The van der Waals surface area contributed by atoms with Gasteiger partial charge in [-0.15, -0.1) is 0 Å². The molecular weight excluding hydrogens is 249 g/mol. The summed E-state index contributed by atoms with van der Waals surface area (Å²) in [5.41, 5.74) is 0. The zero-order chi connectivity index (χ0) is 13.8. The van der Waals surface area contributed by atoms with Crippen LogP contribution in [0.3, 0.4) is 0 Å². The van der Waals surface area contributed by atoms with Crippen molar-refractivity contribution in [1.82, 2.24) is 9.97 Å². The summed E-state index contributed by atoms with van der Waals surface area (Å²) in [7, 11) is 1.48. The molecular formula is C10H15F3N4O. The van der Waals surface area contributed by atoms with Crippen LogP contribution in [0.25, 0.3) is 0 Å². The minimum atomic E-state index is -4.60. The maximum absolute atomic E-state index is 12.6. The van der Waals surface area contributed by atoms with Gasteiger partial charge in [0.2, 0.25) is 5.82 Å². The number of aliphatic hydroxyl groups is 1. The average Bonchev–Trinajstić information content (AvgIpc) is 2.34. The van der Waals surface area contributed by atoms with Gasteiger partial charge in [0.1, 0.15) is 11.6 Å². The third kappa shape index (κ3) is 3.46. The Bertz CT molecular complexity index is 397. The van der Waals surface area contributed by atoms with Gasteiger partial charge in [-0.2, -0.15) is 13.2 Å². The summed E-state index contributed by atoms with van der Waals surface area (Å²) in [5, 5.41) is 11.4. The molecule has 0 amide bonds. The lowest BCUT2D eigenvalue weighted by atomic mass is 10.4. The van der Waals surface area contributed by atoms with Gasteiger partial charge in [-0.25, -0.2) is 9.97 Å². The van der Waals surface area contributed by atoms with E-state index >= 15 is 0 Å². The molecule has 0 aliphatic heterocycles. The fourth-order valence-corrected chi connectivity index (χ4v) is 1.41. The molecule has 102 valence electrons. The summed E-state index contributed by atoms with van der Waals surface area (Å²) in [6, 6.07) is 1.41. The number of likely N-dealkylation sites (N-methyl/N-ethyl adjacent to an activating group) is 1. The van der Waals surface area contributed by atoms with E-state index in [2.05, 4.69) is 15.3 Å². The van der Waals surface area contributed by atoms with E-state index in [4.69, 9.17) is 5.11 Å². The van der Waals surface area contributed by atoms with Crippen LogP contribution < -0.4 is 10.2 Å². The van der Waals surface area contributed by atoms with E-state index in [-0.39, 0.29) is 24.8 Å². The lowest BCUT2D eigenvalue weighted by molar-refractivity contribution is -0.144. The zero-order valence-electron chi connectivity index (χ0n) is 10.1. The van der Waals surface area contributed by atoms with Crippen molar-refractivity contribution >= 4 is 11.6 Å². The molecule has 0 aromatic carbocycles. The molecule has 0 saturated heterocycles. The van der Waals surface area contributed by atoms with Gasteiger partial charge in [-0.1, -0.05) is 0 Å². The number of hydrogen-bond donors (Lipinski definition) is 2. The van der Waals surface area contributed by atoms with Gasteiger partial charge in [-0.3, -0.25) is 0 Å². The fourth-order valence-electron chi connectivity index (χ4n) is 1.41. The van der Waals surface area contributed by atoms with Gasteiger partial charge in [0.25, 0.3) is 0 Å². The molecule has 0 atom stereocenters. The maximum atomic E-state index is 12.6. The number of halogens is 3. The quantitative estimate of drug-likeness (QED) is 0.840. The van der Waals surface area contributed by atoms with Crippen LogP contribution in [0.15, 0.2) is 6.07 Å². The topological polar surface area (TPSA) is 61.3 Å². The first-order valence-corrected chi connectivity index (χ1v) is 5.42. The molecule has 18 heavy (non-hydrogen) atoms. The molecule has 0 radical (unpaired) electrons. The number of anilines is 2. The molecule has 2 N–H and O–H groups in total. The Labute approximate surface area is 103 Å². The second-order valence-electron chi connectivity index (χ2n) is 3.49. The summed E-state index contributed by atoms with van der Waals surface area (Å²) in [6.45, 7) is 2.27. The van der Waals surface area contributed by atoms with Gasteiger partial charge in [0.15, 0.2) is 0 Å². The van der Waals surface area contributed by atoms with Crippen LogP contribution in [-0.4, -0.2) is 41.8 Å². The minimum Gasteiger partial charge on any atom is -0.395 e. The van der Waals surface area contributed by atoms with Crippen molar-refractivity contribution in [1.29, 1.82) is 0 Å². The first-order chi connectivity index (χ1) is 8.42. The first kappa shape index (κ1) is 14.5. The van der Waals surface area contributed by atoms with Gasteiger partial charge in [-0.05, 0) is 6.92 Å². The number of aliphatic hydroxyl groups excluding tert-OH is 1. The number of rotatable bonds is 5. The van der Waals surface area contributed by atoms with Gasteiger partial charge in [0, 0.05) is 26.2 Å². The maximum Gasteiger partial charge on any atom is 0.451 e. The van der Waals surface area contributed by atoms with Crippen LogP contribution in [-0.2, 0) is 6.18 Å². The van der Waals surface area contributed by atoms with E-state index in [9.17, 15) is 13.2 Å². The third-order valence-electron chi connectivity index (χ3n) is 2.30. The average molecular weight is 264 g/mol. The molecule has 0 spiro atoms. The van der Waals surface area contributed by atoms with E-state index in [0.29, 0.717) is 6.54 Å². The molecule has 0 fully saturated rings. The Morgan fingerprint density at radius 1 is 1.39 bits per heavy atom.